The van der Waals surface area contributed by atoms with Crippen LogP contribution in [-0.4, -0.2) is 24.7 Å². The van der Waals surface area contributed by atoms with Gasteiger partial charge in [-0.2, -0.15) is 0 Å². The Morgan fingerprint density at radius 2 is 1.61 bits per heavy atom. The minimum Gasteiger partial charge on any atom is -0.497 e. The predicted molar refractivity (Wildman–Crippen MR) is 138 cm³/mol. The number of aryl methyl sites for hydroxylation is 3. The van der Waals surface area contributed by atoms with Gasteiger partial charge in [-0.05, 0) is 54.2 Å². The third kappa shape index (κ3) is 4.85. The van der Waals surface area contributed by atoms with Crippen molar-refractivity contribution in [2.24, 2.45) is 0 Å². The number of carbonyl (C=O) groups is 1. The van der Waals surface area contributed by atoms with Crippen LogP contribution >= 0.6 is 0 Å². The highest BCUT2D eigenvalue weighted by Crippen LogP contribution is 2.39. The number of nitrogens with zero attached hydrogens (tertiary/aromatic N) is 1. The summed E-state index contributed by atoms with van der Waals surface area (Å²) in [4.78, 5) is 12.7. The molecule has 0 saturated carbocycles. The van der Waals surface area contributed by atoms with Crippen LogP contribution in [-0.2, 0) is 30.6 Å². The van der Waals surface area contributed by atoms with Crippen molar-refractivity contribution in [3.63, 3.8) is 0 Å². The number of carbonyl (C=O) groups excluding carboxylic acids is 1. The fourth-order valence-corrected chi connectivity index (χ4v) is 4.88. The fourth-order valence-electron chi connectivity index (χ4n) is 4.88. The summed E-state index contributed by atoms with van der Waals surface area (Å²) >= 11 is 0. The molecule has 1 amide bonds. The molecule has 5 rings (SSSR count). The van der Waals surface area contributed by atoms with Crippen molar-refractivity contribution < 1.29 is 18.7 Å². The van der Waals surface area contributed by atoms with Crippen molar-refractivity contribution in [1.82, 2.24) is 9.88 Å². The molecular weight excluding hydrogens is 455 g/mol. The number of aromatic nitrogens is 1. The molecule has 1 aliphatic rings. The Labute approximate surface area is 210 Å². The van der Waals surface area contributed by atoms with Gasteiger partial charge in [0.25, 0.3) is 0 Å². The molecule has 6 heteroatoms. The quantitative estimate of drug-likeness (QED) is 0.352. The molecule has 0 unspecified atom stereocenters. The first kappa shape index (κ1) is 23.7. The van der Waals surface area contributed by atoms with Crippen molar-refractivity contribution >= 4 is 5.91 Å². The Morgan fingerprint density at radius 1 is 0.917 bits per heavy atom. The SMILES string of the molecule is COc1cc(OC)cc(-n2c(CCC(=O)NCc3ccc(F)cc3)cc3c2-c2ccccc2CC3)c1. The Bertz CT molecular complexity index is 1370. The van der Waals surface area contributed by atoms with Gasteiger partial charge < -0.3 is 19.4 Å². The number of amides is 1. The van der Waals surface area contributed by atoms with Gasteiger partial charge in [-0.1, -0.05) is 36.4 Å². The molecule has 0 saturated heterocycles. The third-order valence-corrected chi connectivity index (χ3v) is 6.70. The number of fused-ring (bicyclic) bond motifs is 3. The van der Waals surface area contributed by atoms with E-state index >= 15 is 0 Å². The minimum absolute atomic E-state index is 0.0475. The van der Waals surface area contributed by atoms with Crippen molar-refractivity contribution in [3.8, 4) is 28.4 Å². The van der Waals surface area contributed by atoms with Crippen LogP contribution in [0.3, 0.4) is 0 Å². The number of methoxy groups -OCH3 is 2. The number of rotatable bonds is 8. The molecule has 0 radical (unpaired) electrons. The molecule has 1 N–H and O–H groups in total. The van der Waals surface area contributed by atoms with Gasteiger partial charge in [-0.3, -0.25) is 4.79 Å². The maximum atomic E-state index is 13.2. The van der Waals surface area contributed by atoms with Gasteiger partial charge >= 0.3 is 0 Å². The largest absolute Gasteiger partial charge is 0.497 e. The molecule has 0 atom stereocenters. The summed E-state index contributed by atoms with van der Waals surface area (Å²) < 4.78 is 26.5. The van der Waals surface area contributed by atoms with Gasteiger partial charge in [-0.15, -0.1) is 0 Å². The lowest BCUT2D eigenvalue weighted by molar-refractivity contribution is -0.121. The van der Waals surface area contributed by atoms with Crippen molar-refractivity contribution in [1.29, 1.82) is 0 Å². The first-order valence-electron chi connectivity index (χ1n) is 12.1. The Kier molecular flexibility index (Phi) is 6.76. The zero-order valence-electron chi connectivity index (χ0n) is 20.5. The number of benzene rings is 3. The predicted octanol–water partition coefficient (Wildman–Crippen LogP) is 5.65. The van der Waals surface area contributed by atoms with Gasteiger partial charge in [-0.25, -0.2) is 4.39 Å². The van der Waals surface area contributed by atoms with Crippen LogP contribution in [0.15, 0.2) is 72.8 Å². The van der Waals surface area contributed by atoms with E-state index in [-0.39, 0.29) is 11.7 Å². The molecule has 0 aliphatic heterocycles. The van der Waals surface area contributed by atoms with E-state index in [2.05, 4.69) is 40.2 Å². The topological polar surface area (TPSA) is 52.5 Å². The lowest BCUT2D eigenvalue weighted by atomic mass is 9.90. The van der Waals surface area contributed by atoms with Gasteiger partial charge in [0.05, 0.1) is 25.6 Å². The molecular formula is C30H29FN2O3. The molecule has 1 aromatic heterocycles. The van der Waals surface area contributed by atoms with E-state index in [0.717, 1.165) is 35.5 Å². The smallest absolute Gasteiger partial charge is 0.220 e. The Morgan fingerprint density at radius 3 is 2.33 bits per heavy atom. The summed E-state index contributed by atoms with van der Waals surface area (Å²) in [5, 5.41) is 2.95. The minimum atomic E-state index is -0.287. The highest BCUT2D eigenvalue weighted by molar-refractivity contribution is 5.77. The van der Waals surface area contributed by atoms with E-state index in [4.69, 9.17) is 9.47 Å². The molecule has 1 aliphatic carbocycles. The number of hydrogen-bond donors (Lipinski definition) is 1. The van der Waals surface area contributed by atoms with Crippen LogP contribution < -0.4 is 14.8 Å². The van der Waals surface area contributed by atoms with Crippen molar-refractivity contribution in [2.75, 3.05) is 14.2 Å². The molecule has 1 heterocycles. The van der Waals surface area contributed by atoms with Crippen LogP contribution in [0.2, 0.25) is 0 Å². The molecule has 0 bridgehead atoms. The zero-order valence-corrected chi connectivity index (χ0v) is 20.5. The highest BCUT2D eigenvalue weighted by Gasteiger charge is 2.24. The number of nitrogens with one attached hydrogen (secondary N) is 1. The third-order valence-electron chi connectivity index (χ3n) is 6.70. The van der Waals surface area contributed by atoms with E-state index in [0.29, 0.717) is 30.9 Å². The molecule has 0 spiro atoms. The van der Waals surface area contributed by atoms with Gasteiger partial charge in [0.1, 0.15) is 17.3 Å². The second kappa shape index (κ2) is 10.3. The van der Waals surface area contributed by atoms with Crippen molar-refractivity contribution in [2.45, 2.75) is 32.2 Å². The summed E-state index contributed by atoms with van der Waals surface area (Å²) in [5.74, 6) is 1.08. The lowest BCUT2D eigenvalue weighted by Gasteiger charge is -2.21. The van der Waals surface area contributed by atoms with E-state index in [1.54, 1.807) is 26.4 Å². The number of hydrogen-bond acceptors (Lipinski definition) is 3. The summed E-state index contributed by atoms with van der Waals surface area (Å²) in [6.45, 7) is 0.372. The maximum Gasteiger partial charge on any atom is 0.220 e. The maximum absolute atomic E-state index is 13.2. The normalized spacial score (nSPS) is 12.0. The first-order valence-corrected chi connectivity index (χ1v) is 12.1. The molecule has 3 aromatic carbocycles. The molecule has 184 valence electrons. The Hall–Kier alpha value is -4.06. The summed E-state index contributed by atoms with van der Waals surface area (Å²) in [6.07, 6.45) is 2.85. The van der Waals surface area contributed by atoms with Gasteiger partial charge in [0, 0.05) is 42.4 Å². The number of ether oxygens (including phenoxy) is 2. The molecule has 5 nitrogen and oxygen atoms in total. The number of halogens is 1. The summed E-state index contributed by atoms with van der Waals surface area (Å²) in [6, 6.07) is 22.8. The second-order valence-corrected chi connectivity index (χ2v) is 8.98. The van der Waals surface area contributed by atoms with Crippen LogP contribution in [0.4, 0.5) is 4.39 Å². The van der Waals surface area contributed by atoms with Gasteiger partial charge in [0.15, 0.2) is 0 Å². The van der Waals surface area contributed by atoms with E-state index in [1.165, 1.54) is 28.8 Å². The van der Waals surface area contributed by atoms with E-state index in [1.807, 2.05) is 18.2 Å². The second-order valence-electron chi connectivity index (χ2n) is 8.98. The molecule has 36 heavy (non-hydrogen) atoms. The van der Waals surface area contributed by atoms with E-state index < -0.39 is 0 Å². The summed E-state index contributed by atoms with van der Waals surface area (Å²) in [5.41, 5.74) is 7.83. The average molecular weight is 485 g/mol. The van der Waals surface area contributed by atoms with Crippen LogP contribution in [0.25, 0.3) is 16.9 Å². The standard InChI is InChI=1S/C30H29FN2O3/c1-35-26-16-25(17-27(18-26)36-2)33-24(13-14-29(34)32-19-20-7-11-23(31)12-8-20)15-22-10-9-21-5-3-4-6-28(21)30(22)33/h3-8,11-12,15-18H,9-10,13-14,19H2,1-2H3,(H,32,34). The first-order chi connectivity index (χ1) is 17.6. The molecule has 4 aromatic rings. The van der Waals surface area contributed by atoms with Crippen LogP contribution in [0.1, 0.15) is 28.8 Å². The average Bonchev–Trinajstić information content (AvgIpc) is 3.30. The Balaban J connectivity index is 1.46. The van der Waals surface area contributed by atoms with Crippen LogP contribution in [0.5, 0.6) is 11.5 Å². The monoisotopic (exact) mass is 484 g/mol. The highest BCUT2D eigenvalue weighted by atomic mass is 19.1. The zero-order chi connectivity index (χ0) is 25.1. The lowest BCUT2D eigenvalue weighted by Crippen LogP contribution is -2.23. The van der Waals surface area contributed by atoms with Crippen molar-refractivity contribution in [3.05, 3.63) is 101 Å². The van der Waals surface area contributed by atoms with Gasteiger partial charge in [0.2, 0.25) is 5.91 Å². The molecule has 0 fully saturated rings. The fraction of sp³-hybridized carbons (Fsp3) is 0.233. The summed E-state index contributed by atoms with van der Waals surface area (Å²) in [7, 11) is 3.29. The van der Waals surface area contributed by atoms with E-state index in [9.17, 15) is 9.18 Å². The van der Waals surface area contributed by atoms with Crippen LogP contribution in [0, 0.1) is 5.82 Å².